The van der Waals surface area contributed by atoms with Crippen molar-refractivity contribution in [2.24, 2.45) is 5.73 Å². The first-order valence-corrected chi connectivity index (χ1v) is 8.34. The molecule has 1 aliphatic rings. The van der Waals surface area contributed by atoms with E-state index in [1.54, 1.807) is 4.90 Å². The standard InChI is InChI=1S/C17H26ClN3O2/c1-17(2,3)23-16(22)21-8-6-20(7-9-21)12-14-5-4-13(11-19)10-15(14)18/h4-5,10H,6-9,11-12,19H2,1-3H3. The minimum atomic E-state index is -0.452. The maximum absolute atomic E-state index is 12.1. The summed E-state index contributed by atoms with van der Waals surface area (Å²) in [5.74, 6) is 0. The lowest BCUT2D eigenvalue weighted by molar-refractivity contribution is 0.0139. The Bertz CT molecular complexity index is 549. The van der Waals surface area contributed by atoms with Crippen LogP contribution < -0.4 is 5.73 Å². The van der Waals surface area contributed by atoms with Crippen molar-refractivity contribution in [2.75, 3.05) is 26.2 Å². The number of nitrogens with two attached hydrogens (primary N) is 1. The minimum Gasteiger partial charge on any atom is -0.444 e. The smallest absolute Gasteiger partial charge is 0.410 e. The van der Waals surface area contributed by atoms with Crippen LogP contribution in [-0.2, 0) is 17.8 Å². The van der Waals surface area contributed by atoms with Crippen LogP contribution in [0.25, 0.3) is 0 Å². The highest BCUT2D eigenvalue weighted by Gasteiger charge is 2.25. The maximum Gasteiger partial charge on any atom is 0.410 e. The summed E-state index contributed by atoms with van der Waals surface area (Å²) in [6, 6.07) is 5.97. The highest BCUT2D eigenvalue weighted by Crippen LogP contribution is 2.20. The van der Waals surface area contributed by atoms with Crippen LogP contribution >= 0.6 is 11.6 Å². The van der Waals surface area contributed by atoms with Gasteiger partial charge >= 0.3 is 6.09 Å². The molecule has 128 valence electrons. The van der Waals surface area contributed by atoms with Crippen LogP contribution in [-0.4, -0.2) is 47.7 Å². The fourth-order valence-electron chi connectivity index (χ4n) is 2.50. The molecule has 0 saturated carbocycles. The SMILES string of the molecule is CC(C)(C)OC(=O)N1CCN(Cc2ccc(CN)cc2Cl)CC1. The lowest BCUT2D eigenvalue weighted by Crippen LogP contribution is -2.49. The summed E-state index contributed by atoms with van der Waals surface area (Å²) in [6.45, 7) is 9.90. The van der Waals surface area contributed by atoms with Crippen molar-refractivity contribution in [3.05, 3.63) is 34.3 Å². The number of nitrogens with zero attached hydrogens (tertiary/aromatic N) is 2. The van der Waals surface area contributed by atoms with Gasteiger partial charge in [-0.25, -0.2) is 4.79 Å². The van der Waals surface area contributed by atoms with E-state index >= 15 is 0 Å². The van der Waals surface area contributed by atoms with Gasteiger partial charge in [0.2, 0.25) is 0 Å². The Kier molecular flexibility index (Phi) is 5.89. The van der Waals surface area contributed by atoms with Gasteiger partial charge in [-0.1, -0.05) is 23.7 Å². The lowest BCUT2D eigenvalue weighted by atomic mass is 10.1. The van der Waals surface area contributed by atoms with Crippen molar-refractivity contribution >= 4 is 17.7 Å². The number of carbonyl (C=O) groups is 1. The van der Waals surface area contributed by atoms with Gasteiger partial charge in [0.05, 0.1) is 0 Å². The minimum absolute atomic E-state index is 0.234. The van der Waals surface area contributed by atoms with Crippen LogP contribution in [0.4, 0.5) is 4.79 Å². The monoisotopic (exact) mass is 339 g/mol. The van der Waals surface area contributed by atoms with Gasteiger partial charge in [0.15, 0.2) is 0 Å². The van der Waals surface area contributed by atoms with Crippen molar-refractivity contribution in [2.45, 2.75) is 39.5 Å². The Hall–Kier alpha value is -1.30. The van der Waals surface area contributed by atoms with Gasteiger partial charge < -0.3 is 15.4 Å². The summed E-state index contributed by atoms with van der Waals surface area (Å²) in [5, 5.41) is 0.752. The number of hydrogen-bond acceptors (Lipinski definition) is 4. The Balaban J connectivity index is 1.86. The molecule has 0 radical (unpaired) electrons. The zero-order valence-electron chi connectivity index (χ0n) is 14.1. The number of carbonyl (C=O) groups excluding carboxylic acids is 1. The molecular formula is C17H26ClN3O2. The van der Waals surface area contributed by atoms with E-state index in [9.17, 15) is 4.79 Å². The van der Waals surface area contributed by atoms with E-state index in [-0.39, 0.29) is 6.09 Å². The van der Waals surface area contributed by atoms with Crippen molar-refractivity contribution in [3.63, 3.8) is 0 Å². The zero-order chi connectivity index (χ0) is 17.0. The van der Waals surface area contributed by atoms with Crippen molar-refractivity contribution in [1.29, 1.82) is 0 Å². The molecule has 1 aromatic carbocycles. The first-order chi connectivity index (χ1) is 10.8. The molecule has 1 amide bonds. The highest BCUT2D eigenvalue weighted by atomic mass is 35.5. The summed E-state index contributed by atoms with van der Waals surface area (Å²) < 4.78 is 5.41. The molecule has 1 heterocycles. The molecule has 1 fully saturated rings. The predicted octanol–water partition coefficient (Wildman–Crippen LogP) is 2.85. The molecule has 1 aliphatic heterocycles. The normalized spacial score (nSPS) is 16.5. The fraction of sp³-hybridized carbons (Fsp3) is 0.588. The lowest BCUT2D eigenvalue weighted by Gasteiger charge is -2.35. The molecule has 6 heteroatoms. The fourth-order valence-corrected chi connectivity index (χ4v) is 2.76. The molecule has 0 spiro atoms. The second-order valence-corrected chi connectivity index (χ2v) is 7.28. The number of amides is 1. The quantitative estimate of drug-likeness (QED) is 0.920. The summed E-state index contributed by atoms with van der Waals surface area (Å²) in [5.41, 5.74) is 7.30. The van der Waals surface area contributed by atoms with Crippen LogP contribution in [0.15, 0.2) is 18.2 Å². The molecule has 2 rings (SSSR count). The van der Waals surface area contributed by atoms with E-state index in [2.05, 4.69) is 4.90 Å². The molecule has 1 saturated heterocycles. The summed E-state index contributed by atoms with van der Waals surface area (Å²) >= 11 is 6.31. The predicted molar refractivity (Wildman–Crippen MR) is 92.4 cm³/mol. The van der Waals surface area contributed by atoms with Crippen molar-refractivity contribution in [1.82, 2.24) is 9.80 Å². The summed E-state index contributed by atoms with van der Waals surface area (Å²) in [4.78, 5) is 16.1. The third-order valence-electron chi connectivity index (χ3n) is 3.77. The van der Waals surface area contributed by atoms with E-state index < -0.39 is 5.60 Å². The average Bonchev–Trinajstić information content (AvgIpc) is 2.48. The Labute approximate surface area is 143 Å². The number of halogens is 1. The molecule has 0 atom stereocenters. The Morgan fingerprint density at radius 3 is 2.43 bits per heavy atom. The number of piperazine rings is 1. The van der Waals surface area contributed by atoms with Gasteiger partial charge in [0.1, 0.15) is 5.60 Å². The van der Waals surface area contributed by atoms with Gasteiger partial charge in [-0.15, -0.1) is 0 Å². The zero-order valence-corrected chi connectivity index (χ0v) is 14.9. The number of benzene rings is 1. The largest absolute Gasteiger partial charge is 0.444 e. The number of ether oxygens (including phenoxy) is 1. The number of rotatable bonds is 3. The van der Waals surface area contributed by atoms with Gasteiger partial charge in [-0.05, 0) is 38.0 Å². The third kappa shape index (κ3) is 5.37. The van der Waals surface area contributed by atoms with E-state index in [1.165, 1.54) is 0 Å². The van der Waals surface area contributed by atoms with Gasteiger partial charge in [-0.2, -0.15) is 0 Å². The van der Waals surface area contributed by atoms with Crippen LogP contribution in [0.5, 0.6) is 0 Å². The van der Waals surface area contributed by atoms with Gasteiger partial charge in [0.25, 0.3) is 0 Å². The van der Waals surface area contributed by atoms with E-state index in [0.717, 1.165) is 35.8 Å². The molecule has 0 unspecified atom stereocenters. The van der Waals surface area contributed by atoms with Crippen LogP contribution in [0.2, 0.25) is 5.02 Å². The van der Waals surface area contributed by atoms with Crippen LogP contribution in [0, 0.1) is 0 Å². The van der Waals surface area contributed by atoms with Crippen molar-refractivity contribution < 1.29 is 9.53 Å². The molecular weight excluding hydrogens is 314 g/mol. The average molecular weight is 340 g/mol. The summed E-state index contributed by atoms with van der Waals surface area (Å²) in [6.07, 6.45) is -0.234. The first-order valence-electron chi connectivity index (χ1n) is 7.96. The molecule has 0 bridgehead atoms. The topological polar surface area (TPSA) is 58.8 Å². The molecule has 0 aromatic heterocycles. The van der Waals surface area contributed by atoms with E-state index in [0.29, 0.717) is 19.6 Å². The molecule has 2 N–H and O–H groups in total. The molecule has 0 aliphatic carbocycles. The molecule has 5 nitrogen and oxygen atoms in total. The van der Waals surface area contributed by atoms with E-state index in [4.69, 9.17) is 22.1 Å². The van der Waals surface area contributed by atoms with Gasteiger partial charge in [0, 0.05) is 44.3 Å². The summed E-state index contributed by atoms with van der Waals surface area (Å²) in [7, 11) is 0. The van der Waals surface area contributed by atoms with Crippen LogP contribution in [0.3, 0.4) is 0 Å². The second-order valence-electron chi connectivity index (χ2n) is 6.87. The second kappa shape index (κ2) is 7.51. The third-order valence-corrected chi connectivity index (χ3v) is 4.12. The van der Waals surface area contributed by atoms with E-state index in [1.807, 2.05) is 39.0 Å². The Morgan fingerprint density at radius 1 is 1.26 bits per heavy atom. The number of hydrogen-bond donors (Lipinski definition) is 1. The Morgan fingerprint density at radius 2 is 1.91 bits per heavy atom. The maximum atomic E-state index is 12.1. The molecule has 23 heavy (non-hydrogen) atoms. The van der Waals surface area contributed by atoms with Crippen LogP contribution in [0.1, 0.15) is 31.9 Å². The van der Waals surface area contributed by atoms with Crippen molar-refractivity contribution in [3.8, 4) is 0 Å². The highest BCUT2D eigenvalue weighted by molar-refractivity contribution is 6.31. The molecule has 1 aromatic rings. The first kappa shape index (κ1) is 18.0. The van der Waals surface area contributed by atoms with Gasteiger partial charge in [-0.3, -0.25) is 4.90 Å².